The molecule has 1 amide bonds. The van der Waals surface area contributed by atoms with Gasteiger partial charge in [-0.15, -0.1) is 10.2 Å². The molecular weight excluding hydrogens is 386 g/mol. The Kier molecular flexibility index (Phi) is 7.02. The van der Waals surface area contributed by atoms with Crippen LogP contribution in [0.2, 0.25) is 0 Å². The van der Waals surface area contributed by atoms with Crippen LogP contribution in [0.5, 0.6) is 0 Å². The Morgan fingerprint density at radius 1 is 1.03 bits per heavy atom. The molecule has 3 aromatic rings. The van der Waals surface area contributed by atoms with E-state index in [4.69, 9.17) is 5.84 Å². The van der Waals surface area contributed by atoms with Gasteiger partial charge in [-0.2, -0.15) is 4.68 Å². The molecule has 0 unspecified atom stereocenters. The molecule has 0 spiro atoms. The molecule has 0 aliphatic rings. The van der Waals surface area contributed by atoms with Crippen LogP contribution in [0.3, 0.4) is 0 Å². The van der Waals surface area contributed by atoms with Crippen molar-refractivity contribution in [3.05, 3.63) is 87.8 Å². The zero-order valence-corrected chi connectivity index (χ0v) is 17.0. The maximum absolute atomic E-state index is 12.9. The molecule has 0 saturated heterocycles. The second-order valence-corrected chi connectivity index (χ2v) is 7.51. The van der Waals surface area contributed by atoms with Crippen molar-refractivity contribution in [2.45, 2.75) is 25.0 Å². The van der Waals surface area contributed by atoms with E-state index in [0.717, 1.165) is 28.4 Å². The molecule has 0 aliphatic heterocycles. The summed E-state index contributed by atoms with van der Waals surface area (Å²) in [7, 11) is 0. The highest BCUT2D eigenvalue weighted by Crippen LogP contribution is 2.14. The summed E-state index contributed by atoms with van der Waals surface area (Å²) in [5, 5.41) is 7.94. The summed E-state index contributed by atoms with van der Waals surface area (Å²) in [6.07, 6.45) is 0.760. The first-order valence-corrected chi connectivity index (χ1v) is 10.2. The van der Waals surface area contributed by atoms with Gasteiger partial charge in [0.1, 0.15) is 5.69 Å². The van der Waals surface area contributed by atoms with Crippen LogP contribution in [-0.4, -0.2) is 38.0 Å². The second kappa shape index (κ2) is 9.88. The molecule has 0 saturated carbocycles. The van der Waals surface area contributed by atoms with E-state index in [2.05, 4.69) is 22.3 Å². The standard InChI is InChI=1S/C21H23N5O2S/c1-16-20(28)26(22)21(24-23-16)29-15-19(27)25(14-18-10-6-3-7-11-18)13-12-17-8-4-2-5-9-17/h2-11H,12-15,22H2,1H3. The molecule has 3 rings (SSSR count). The van der Waals surface area contributed by atoms with E-state index < -0.39 is 5.56 Å². The Labute approximate surface area is 173 Å². The van der Waals surface area contributed by atoms with Gasteiger partial charge in [0.15, 0.2) is 0 Å². The smallest absolute Gasteiger partial charge is 0.294 e. The lowest BCUT2D eigenvalue weighted by molar-refractivity contribution is -0.128. The number of carbonyl (C=O) groups excluding carboxylic acids is 1. The van der Waals surface area contributed by atoms with Gasteiger partial charge in [0.05, 0.1) is 5.75 Å². The third kappa shape index (κ3) is 5.68. The van der Waals surface area contributed by atoms with Crippen molar-refractivity contribution in [3.8, 4) is 0 Å². The van der Waals surface area contributed by atoms with E-state index in [1.54, 1.807) is 6.92 Å². The van der Waals surface area contributed by atoms with Crippen LogP contribution in [-0.2, 0) is 17.8 Å². The predicted molar refractivity (Wildman–Crippen MR) is 114 cm³/mol. The first-order chi connectivity index (χ1) is 14.0. The summed E-state index contributed by atoms with van der Waals surface area (Å²) in [5.41, 5.74) is 2.04. The molecule has 1 aromatic heterocycles. The van der Waals surface area contributed by atoms with Crippen molar-refractivity contribution in [1.82, 2.24) is 19.8 Å². The fraction of sp³-hybridized carbons (Fsp3) is 0.238. The average molecular weight is 410 g/mol. The minimum absolute atomic E-state index is 0.0513. The van der Waals surface area contributed by atoms with Gasteiger partial charge in [0, 0.05) is 13.1 Å². The highest BCUT2D eigenvalue weighted by atomic mass is 32.2. The van der Waals surface area contributed by atoms with E-state index in [1.807, 2.05) is 53.4 Å². The Morgan fingerprint density at radius 2 is 1.66 bits per heavy atom. The van der Waals surface area contributed by atoms with Crippen molar-refractivity contribution in [2.24, 2.45) is 0 Å². The van der Waals surface area contributed by atoms with Crippen molar-refractivity contribution < 1.29 is 4.79 Å². The van der Waals surface area contributed by atoms with Crippen LogP contribution in [0.25, 0.3) is 0 Å². The molecule has 150 valence electrons. The topological polar surface area (TPSA) is 94.1 Å². The van der Waals surface area contributed by atoms with Crippen LogP contribution in [0.4, 0.5) is 0 Å². The number of nitrogens with two attached hydrogens (primary N) is 1. The lowest BCUT2D eigenvalue weighted by Gasteiger charge is -2.23. The van der Waals surface area contributed by atoms with Crippen molar-refractivity contribution in [1.29, 1.82) is 0 Å². The van der Waals surface area contributed by atoms with Crippen molar-refractivity contribution in [2.75, 3.05) is 18.1 Å². The average Bonchev–Trinajstić information content (AvgIpc) is 2.75. The van der Waals surface area contributed by atoms with Crippen LogP contribution in [0.15, 0.2) is 70.6 Å². The zero-order valence-electron chi connectivity index (χ0n) is 16.2. The molecule has 7 nitrogen and oxygen atoms in total. The summed E-state index contributed by atoms with van der Waals surface area (Å²) in [6, 6.07) is 19.9. The number of carbonyl (C=O) groups is 1. The molecule has 2 aromatic carbocycles. The van der Waals surface area contributed by atoms with E-state index in [9.17, 15) is 9.59 Å². The number of aryl methyl sites for hydroxylation is 1. The molecule has 0 radical (unpaired) electrons. The maximum atomic E-state index is 12.9. The number of thioether (sulfide) groups is 1. The SMILES string of the molecule is Cc1nnc(SCC(=O)N(CCc2ccccc2)Cc2ccccc2)n(N)c1=O. The highest BCUT2D eigenvalue weighted by molar-refractivity contribution is 7.99. The Hall–Kier alpha value is -3.13. The largest absolute Gasteiger partial charge is 0.337 e. The number of hydrogen-bond acceptors (Lipinski definition) is 6. The molecule has 0 bridgehead atoms. The monoisotopic (exact) mass is 409 g/mol. The summed E-state index contributed by atoms with van der Waals surface area (Å²) in [5.74, 6) is 5.83. The summed E-state index contributed by atoms with van der Waals surface area (Å²) in [6.45, 7) is 2.65. The minimum Gasteiger partial charge on any atom is -0.337 e. The van der Waals surface area contributed by atoms with E-state index in [-0.39, 0.29) is 22.5 Å². The van der Waals surface area contributed by atoms with Crippen molar-refractivity contribution in [3.63, 3.8) is 0 Å². The lowest BCUT2D eigenvalue weighted by Crippen LogP contribution is -2.35. The normalized spacial score (nSPS) is 10.7. The number of rotatable bonds is 8. The number of benzene rings is 2. The first kappa shape index (κ1) is 20.6. The van der Waals surface area contributed by atoms with Crippen LogP contribution in [0, 0.1) is 6.92 Å². The van der Waals surface area contributed by atoms with Gasteiger partial charge in [-0.1, -0.05) is 72.4 Å². The van der Waals surface area contributed by atoms with Gasteiger partial charge >= 0.3 is 0 Å². The van der Waals surface area contributed by atoms with E-state index in [0.29, 0.717) is 13.1 Å². The molecule has 0 atom stereocenters. The fourth-order valence-corrected chi connectivity index (χ4v) is 3.55. The van der Waals surface area contributed by atoms with Crippen LogP contribution < -0.4 is 11.4 Å². The van der Waals surface area contributed by atoms with Gasteiger partial charge in [-0.3, -0.25) is 9.59 Å². The van der Waals surface area contributed by atoms with E-state index in [1.165, 1.54) is 5.56 Å². The summed E-state index contributed by atoms with van der Waals surface area (Å²) in [4.78, 5) is 26.6. The van der Waals surface area contributed by atoms with E-state index >= 15 is 0 Å². The number of nitrogen functional groups attached to an aromatic ring is 1. The molecule has 1 heterocycles. The van der Waals surface area contributed by atoms with Crippen LogP contribution >= 0.6 is 11.8 Å². The third-order valence-electron chi connectivity index (χ3n) is 4.43. The first-order valence-electron chi connectivity index (χ1n) is 9.24. The number of nitrogens with zero attached hydrogens (tertiary/aromatic N) is 4. The molecule has 0 fully saturated rings. The molecule has 29 heavy (non-hydrogen) atoms. The molecular formula is C21H23N5O2S. The van der Waals surface area contributed by atoms with Gasteiger partial charge in [-0.25, -0.2) is 0 Å². The fourth-order valence-electron chi connectivity index (χ4n) is 2.79. The van der Waals surface area contributed by atoms with Gasteiger partial charge in [-0.05, 0) is 24.5 Å². The van der Waals surface area contributed by atoms with Crippen molar-refractivity contribution >= 4 is 17.7 Å². The van der Waals surface area contributed by atoms with Gasteiger partial charge < -0.3 is 10.7 Å². The number of amides is 1. The highest BCUT2D eigenvalue weighted by Gasteiger charge is 2.17. The molecule has 2 N–H and O–H groups in total. The maximum Gasteiger partial charge on any atom is 0.294 e. The van der Waals surface area contributed by atoms with Gasteiger partial charge in [0.2, 0.25) is 11.1 Å². The Morgan fingerprint density at radius 3 is 2.31 bits per heavy atom. The zero-order chi connectivity index (χ0) is 20.6. The molecule has 0 aliphatic carbocycles. The quantitative estimate of drug-likeness (QED) is 0.452. The summed E-state index contributed by atoms with van der Waals surface area (Å²) < 4.78 is 0.936. The minimum atomic E-state index is -0.417. The summed E-state index contributed by atoms with van der Waals surface area (Å²) >= 11 is 1.11. The predicted octanol–water partition coefficient (Wildman–Crippen LogP) is 2.02. The number of aromatic nitrogens is 3. The molecule has 8 heteroatoms. The lowest BCUT2D eigenvalue weighted by atomic mass is 10.1. The van der Waals surface area contributed by atoms with Gasteiger partial charge in [0.25, 0.3) is 5.56 Å². The Balaban J connectivity index is 1.69. The van der Waals surface area contributed by atoms with Crippen LogP contribution in [0.1, 0.15) is 16.8 Å². The third-order valence-corrected chi connectivity index (χ3v) is 5.35. The number of hydrogen-bond donors (Lipinski definition) is 1. The Bertz CT molecular complexity index is 1010. The second-order valence-electron chi connectivity index (χ2n) is 6.57.